The second-order valence-electron chi connectivity index (χ2n) is 10.6. The molecule has 0 atom stereocenters. The molecule has 1 aliphatic carbocycles. The number of hydrogen-bond acceptors (Lipinski definition) is 3. The molecule has 2 fully saturated rings. The molecule has 0 bridgehead atoms. The molecule has 1 aliphatic heterocycles. The van der Waals surface area contributed by atoms with Crippen LogP contribution in [0.5, 0.6) is 5.75 Å². The van der Waals surface area contributed by atoms with Gasteiger partial charge < -0.3 is 14.5 Å². The summed E-state index contributed by atoms with van der Waals surface area (Å²) in [5.74, 6) is 0.835. The number of rotatable bonds is 7. The van der Waals surface area contributed by atoms with E-state index in [2.05, 4.69) is 95.5 Å². The minimum atomic E-state index is -0.159. The Morgan fingerprint density at radius 2 is 1.36 bits per heavy atom. The number of ether oxygens (including phenoxy) is 1. The summed E-state index contributed by atoms with van der Waals surface area (Å²) in [6.45, 7) is 2.04. The Bertz CT molecular complexity index is 1150. The Balaban J connectivity index is 1.43. The van der Waals surface area contributed by atoms with Gasteiger partial charge in [-0.15, -0.1) is 0 Å². The number of methoxy groups -OCH3 is 1. The van der Waals surface area contributed by atoms with Gasteiger partial charge in [-0.25, -0.2) is 4.79 Å². The largest absolute Gasteiger partial charge is 0.497 e. The van der Waals surface area contributed by atoms with E-state index < -0.39 is 0 Å². The van der Waals surface area contributed by atoms with Crippen LogP contribution in [-0.4, -0.2) is 54.0 Å². The van der Waals surface area contributed by atoms with Crippen LogP contribution < -0.4 is 4.74 Å². The predicted octanol–water partition coefficient (Wildman–Crippen LogP) is 5.90. The van der Waals surface area contributed by atoms with Crippen molar-refractivity contribution >= 4 is 6.03 Å². The number of nitrogens with zero attached hydrogens (tertiary/aromatic N) is 3. The van der Waals surface area contributed by atoms with Gasteiger partial charge in [0.15, 0.2) is 0 Å². The fourth-order valence-corrected chi connectivity index (χ4v) is 6.26. The summed E-state index contributed by atoms with van der Waals surface area (Å²) in [5, 5.41) is 0. The van der Waals surface area contributed by atoms with Gasteiger partial charge in [0.05, 0.1) is 12.6 Å². The molecule has 5 nitrogen and oxygen atoms in total. The van der Waals surface area contributed by atoms with E-state index >= 15 is 0 Å². The lowest BCUT2D eigenvalue weighted by atomic mass is 9.68. The Hall–Kier alpha value is -3.31. The molecule has 5 heteroatoms. The number of carbonyl (C=O) groups is 1. The van der Waals surface area contributed by atoms with Gasteiger partial charge in [-0.05, 0) is 68.6 Å². The first kappa shape index (κ1) is 24.4. The quantitative estimate of drug-likeness (QED) is 0.420. The van der Waals surface area contributed by atoms with Crippen LogP contribution in [0.4, 0.5) is 4.79 Å². The van der Waals surface area contributed by atoms with Gasteiger partial charge in [0, 0.05) is 25.2 Å². The van der Waals surface area contributed by atoms with E-state index in [9.17, 15) is 4.79 Å². The third kappa shape index (κ3) is 4.48. The maximum absolute atomic E-state index is 13.9. The fraction of sp³-hybridized carbons (Fsp3) is 0.387. The number of hydrogen-bond donors (Lipinski definition) is 0. The van der Waals surface area contributed by atoms with Crippen molar-refractivity contribution in [2.24, 2.45) is 0 Å². The highest BCUT2D eigenvalue weighted by Crippen LogP contribution is 2.49. The van der Waals surface area contributed by atoms with E-state index in [1.54, 1.807) is 7.11 Å². The Morgan fingerprint density at radius 1 is 0.778 bits per heavy atom. The summed E-state index contributed by atoms with van der Waals surface area (Å²) in [6, 6.07) is 29.5. The van der Waals surface area contributed by atoms with Crippen molar-refractivity contribution in [3.8, 4) is 5.75 Å². The lowest BCUT2D eigenvalue weighted by molar-refractivity contribution is 0.0221. The molecule has 36 heavy (non-hydrogen) atoms. The number of urea groups is 1. The molecule has 3 aromatic rings. The standard InChI is InChI=1S/C31H37N3O2/c1-32(2)31(27-12-8-5-9-13-27)20-18-30(19-21-31)24-33(22-26-14-16-28(36-3)17-15-26)29(35)34(30)23-25-10-6-4-7-11-25/h4-17H,18-24H2,1-3H3/t30-,31-. The highest BCUT2D eigenvalue weighted by molar-refractivity contribution is 5.78. The van der Waals surface area contributed by atoms with Gasteiger partial charge >= 0.3 is 6.03 Å². The van der Waals surface area contributed by atoms with Crippen LogP contribution >= 0.6 is 0 Å². The first-order valence-electron chi connectivity index (χ1n) is 12.9. The van der Waals surface area contributed by atoms with Crippen molar-refractivity contribution in [2.45, 2.75) is 49.9 Å². The van der Waals surface area contributed by atoms with Gasteiger partial charge in [-0.2, -0.15) is 0 Å². The van der Waals surface area contributed by atoms with Gasteiger partial charge in [-0.3, -0.25) is 4.90 Å². The van der Waals surface area contributed by atoms with E-state index in [0.29, 0.717) is 13.1 Å². The minimum Gasteiger partial charge on any atom is -0.497 e. The van der Waals surface area contributed by atoms with Gasteiger partial charge in [0.25, 0.3) is 0 Å². The monoisotopic (exact) mass is 483 g/mol. The van der Waals surface area contributed by atoms with Crippen LogP contribution in [-0.2, 0) is 18.6 Å². The maximum Gasteiger partial charge on any atom is 0.321 e. The first-order chi connectivity index (χ1) is 17.5. The van der Waals surface area contributed by atoms with E-state index in [0.717, 1.165) is 43.5 Å². The molecular formula is C31H37N3O2. The molecule has 5 rings (SSSR count). The molecule has 2 aliphatic rings. The van der Waals surface area contributed by atoms with Crippen LogP contribution in [0.25, 0.3) is 0 Å². The van der Waals surface area contributed by atoms with Crippen LogP contribution in [0.1, 0.15) is 42.4 Å². The lowest BCUT2D eigenvalue weighted by Crippen LogP contribution is -2.55. The molecule has 1 saturated heterocycles. The number of carbonyl (C=O) groups excluding carboxylic acids is 1. The zero-order chi connectivity index (χ0) is 25.2. The Morgan fingerprint density at radius 3 is 1.94 bits per heavy atom. The Kier molecular flexibility index (Phi) is 6.76. The summed E-state index contributed by atoms with van der Waals surface area (Å²) in [5.41, 5.74) is 3.52. The summed E-state index contributed by atoms with van der Waals surface area (Å²) >= 11 is 0. The molecule has 188 valence electrons. The molecule has 0 radical (unpaired) electrons. The van der Waals surface area contributed by atoms with E-state index in [1.807, 2.05) is 18.2 Å². The third-order valence-electron chi connectivity index (χ3n) is 8.45. The van der Waals surface area contributed by atoms with Crippen molar-refractivity contribution in [1.82, 2.24) is 14.7 Å². The van der Waals surface area contributed by atoms with Gasteiger partial charge in [-0.1, -0.05) is 72.8 Å². The summed E-state index contributed by atoms with van der Waals surface area (Å²) < 4.78 is 5.32. The summed E-state index contributed by atoms with van der Waals surface area (Å²) in [6.07, 6.45) is 4.02. The molecule has 0 N–H and O–H groups in total. The van der Waals surface area contributed by atoms with E-state index in [1.165, 1.54) is 11.1 Å². The maximum atomic E-state index is 13.9. The van der Waals surface area contributed by atoms with Crippen LogP contribution in [0.3, 0.4) is 0 Å². The van der Waals surface area contributed by atoms with Crippen molar-refractivity contribution < 1.29 is 9.53 Å². The van der Waals surface area contributed by atoms with Gasteiger partial charge in [0.2, 0.25) is 0 Å². The molecule has 2 amide bonds. The normalized spacial score (nSPS) is 24.1. The van der Waals surface area contributed by atoms with Crippen molar-refractivity contribution in [3.05, 3.63) is 102 Å². The second kappa shape index (κ2) is 9.98. The lowest BCUT2D eigenvalue weighted by Gasteiger charge is -2.51. The third-order valence-corrected chi connectivity index (χ3v) is 8.45. The minimum absolute atomic E-state index is 0.00260. The summed E-state index contributed by atoms with van der Waals surface area (Å²) in [7, 11) is 6.07. The highest BCUT2D eigenvalue weighted by atomic mass is 16.5. The molecule has 1 saturated carbocycles. The van der Waals surface area contributed by atoms with Crippen LogP contribution in [0.15, 0.2) is 84.9 Å². The number of benzene rings is 3. The summed E-state index contributed by atoms with van der Waals surface area (Å²) in [4.78, 5) is 20.5. The molecule has 0 aromatic heterocycles. The fourth-order valence-electron chi connectivity index (χ4n) is 6.26. The second-order valence-corrected chi connectivity index (χ2v) is 10.6. The van der Waals surface area contributed by atoms with E-state index in [-0.39, 0.29) is 17.1 Å². The van der Waals surface area contributed by atoms with Crippen molar-refractivity contribution in [1.29, 1.82) is 0 Å². The predicted molar refractivity (Wildman–Crippen MR) is 144 cm³/mol. The van der Waals surface area contributed by atoms with Crippen molar-refractivity contribution in [3.63, 3.8) is 0 Å². The van der Waals surface area contributed by atoms with Crippen LogP contribution in [0, 0.1) is 0 Å². The zero-order valence-corrected chi connectivity index (χ0v) is 21.7. The van der Waals surface area contributed by atoms with Crippen molar-refractivity contribution in [2.75, 3.05) is 27.7 Å². The molecule has 3 aromatic carbocycles. The molecular weight excluding hydrogens is 446 g/mol. The molecule has 1 spiro atoms. The van der Waals surface area contributed by atoms with E-state index in [4.69, 9.17) is 4.74 Å². The average Bonchev–Trinajstić information content (AvgIpc) is 3.16. The highest BCUT2D eigenvalue weighted by Gasteiger charge is 2.54. The van der Waals surface area contributed by atoms with Gasteiger partial charge in [0.1, 0.15) is 5.75 Å². The number of amides is 2. The van der Waals surface area contributed by atoms with Crippen LogP contribution in [0.2, 0.25) is 0 Å². The molecule has 1 heterocycles. The smallest absolute Gasteiger partial charge is 0.321 e. The average molecular weight is 484 g/mol. The first-order valence-corrected chi connectivity index (χ1v) is 12.9. The topological polar surface area (TPSA) is 36.0 Å². The molecule has 0 unspecified atom stereocenters. The SMILES string of the molecule is COc1ccc(CN2C[C@]3(CC[C@@](c4ccccc4)(N(C)C)CC3)N(Cc3ccccc3)C2=O)cc1. The Labute approximate surface area is 215 Å². The zero-order valence-electron chi connectivity index (χ0n) is 21.7.